The van der Waals surface area contributed by atoms with Crippen LogP contribution in [0.2, 0.25) is 0 Å². The van der Waals surface area contributed by atoms with Gasteiger partial charge in [0.2, 0.25) is 0 Å². The molecule has 2 atom stereocenters. The SMILES string of the molecule is CC(F)C(F)COC(C)(C)C. The molecule has 0 N–H and O–H groups in total. The standard InChI is InChI=1S/C8H16F2O/c1-6(9)7(10)5-11-8(2,3)4/h6-7H,5H2,1-4H3. The van der Waals surface area contributed by atoms with E-state index in [1.807, 2.05) is 20.8 Å². The van der Waals surface area contributed by atoms with E-state index in [4.69, 9.17) is 4.74 Å². The number of halogens is 2. The second-order valence-corrected chi connectivity index (χ2v) is 3.62. The molecule has 0 saturated carbocycles. The van der Waals surface area contributed by atoms with Crippen LogP contribution in [0.3, 0.4) is 0 Å². The highest BCUT2D eigenvalue weighted by Crippen LogP contribution is 2.11. The lowest BCUT2D eigenvalue weighted by Gasteiger charge is -2.21. The maximum absolute atomic E-state index is 12.6. The first-order chi connectivity index (χ1) is 4.83. The van der Waals surface area contributed by atoms with Crippen molar-refractivity contribution in [3.05, 3.63) is 0 Å². The van der Waals surface area contributed by atoms with E-state index in [1.54, 1.807) is 0 Å². The quantitative estimate of drug-likeness (QED) is 0.626. The lowest BCUT2D eigenvalue weighted by molar-refractivity contribution is -0.0422. The Morgan fingerprint density at radius 1 is 1.27 bits per heavy atom. The van der Waals surface area contributed by atoms with E-state index in [0.29, 0.717) is 0 Å². The molecule has 0 saturated heterocycles. The van der Waals surface area contributed by atoms with E-state index >= 15 is 0 Å². The van der Waals surface area contributed by atoms with Crippen LogP contribution in [0.15, 0.2) is 0 Å². The Hall–Kier alpha value is -0.180. The number of ether oxygens (including phenoxy) is 1. The van der Waals surface area contributed by atoms with Crippen molar-refractivity contribution in [3.8, 4) is 0 Å². The molecule has 0 spiro atoms. The van der Waals surface area contributed by atoms with Gasteiger partial charge in [-0.05, 0) is 27.7 Å². The summed E-state index contributed by atoms with van der Waals surface area (Å²) in [5.41, 5.74) is -0.390. The summed E-state index contributed by atoms with van der Waals surface area (Å²) < 4.78 is 29.8. The van der Waals surface area contributed by atoms with Gasteiger partial charge in [0, 0.05) is 0 Å². The lowest BCUT2D eigenvalue weighted by atomic mass is 10.2. The molecule has 0 aromatic rings. The predicted octanol–water partition coefficient (Wildman–Crippen LogP) is 2.50. The molecule has 11 heavy (non-hydrogen) atoms. The normalized spacial score (nSPS) is 18.0. The lowest BCUT2D eigenvalue weighted by Crippen LogP contribution is -2.28. The minimum Gasteiger partial charge on any atom is -0.373 e. The van der Waals surface area contributed by atoms with Crippen LogP contribution in [0, 0.1) is 0 Å². The van der Waals surface area contributed by atoms with Crippen molar-refractivity contribution in [1.29, 1.82) is 0 Å². The summed E-state index contributed by atoms with van der Waals surface area (Å²) in [6.45, 7) is 6.45. The van der Waals surface area contributed by atoms with Crippen LogP contribution in [0.4, 0.5) is 8.78 Å². The van der Waals surface area contributed by atoms with Crippen LogP contribution in [-0.4, -0.2) is 24.6 Å². The molecule has 1 nitrogen and oxygen atoms in total. The molecule has 3 heteroatoms. The van der Waals surface area contributed by atoms with Gasteiger partial charge in [0.15, 0.2) is 6.17 Å². The fraction of sp³-hybridized carbons (Fsp3) is 1.00. The summed E-state index contributed by atoms with van der Waals surface area (Å²) >= 11 is 0. The molecule has 0 aromatic carbocycles. The van der Waals surface area contributed by atoms with Crippen LogP contribution in [0.1, 0.15) is 27.7 Å². The van der Waals surface area contributed by atoms with Crippen LogP contribution in [0.5, 0.6) is 0 Å². The van der Waals surface area contributed by atoms with E-state index in [1.165, 1.54) is 6.92 Å². The van der Waals surface area contributed by atoms with Crippen molar-refractivity contribution < 1.29 is 13.5 Å². The van der Waals surface area contributed by atoms with E-state index in [2.05, 4.69) is 0 Å². The smallest absolute Gasteiger partial charge is 0.154 e. The average molecular weight is 166 g/mol. The highest BCUT2D eigenvalue weighted by Gasteiger charge is 2.19. The Morgan fingerprint density at radius 2 is 1.73 bits per heavy atom. The zero-order valence-electron chi connectivity index (χ0n) is 7.53. The molecular formula is C8H16F2O. The first-order valence-electron chi connectivity index (χ1n) is 3.75. The molecule has 0 aliphatic heterocycles. The molecule has 0 aliphatic carbocycles. The Bertz CT molecular complexity index is 107. The molecule has 68 valence electrons. The minimum absolute atomic E-state index is 0.166. The first kappa shape index (κ1) is 10.8. The van der Waals surface area contributed by atoms with Gasteiger partial charge in [-0.2, -0.15) is 0 Å². The van der Waals surface area contributed by atoms with Gasteiger partial charge in [0.05, 0.1) is 12.2 Å². The van der Waals surface area contributed by atoms with Gasteiger partial charge < -0.3 is 4.74 Å². The van der Waals surface area contributed by atoms with Gasteiger partial charge in [-0.15, -0.1) is 0 Å². The van der Waals surface area contributed by atoms with Crippen molar-refractivity contribution in [3.63, 3.8) is 0 Å². The molecule has 0 aliphatic rings. The monoisotopic (exact) mass is 166 g/mol. The molecule has 0 bridgehead atoms. The third-order valence-electron chi connectivity index (χ3n) is 1.17. The largest absolute Gasteiger partial charge is 0.373 e. The second-order valence-electron chi connectivity index (χ2n) is 3.62. The second kappa shape index (κ2) is 4.00. The van der Waals surface area contributed by atoms with E-state index in [9.17, 15) is 8.78 Å². The van der Waals surface area contributed by atoms with Gasteiger partial charge in [-0.3, -0.25) is 0 Å². The van der Waals surface area contributed by atoms with Crippen LogP contribution in [0.25, 0.3) is 0 Å². The summed E-state index contributed by atoms with van der Waals surface area (Å²) in [7, 11) is 0. The average Bonchev–Trinajstić information content (AvgIpc) is 1.80. The molecule has 0 heterocycles. The van der Waals surface area contributed by atoms with Crippen LogP contribution >= 0.6 is 0 Å². The number of alkyl halides is 2. The molecule has 2 unspecified atom stereocenters. The highest BCUT2D eigenvalue weighted by molar-refractivity contribution is 4.65. The third-order valence-corrected chi connectivity index (χ3v) is 1.17. The minimum atomic E-state index is -1.51. The van der Waals surface area contributed by atoms with Gasteiger partial charge in [-0.1, -0.05) is 0 Å². The number of hydrogen-bond acceptors (Lipinski definition) is 1. The van der Waals surface area contributed by atoms with Crippen molar-refractivity contribution in [2.45, 2.75) is 45.6 Å². The van der Waals surface area contributed by atoms with E-state index in [0.717, 1.165) is 0 Å². The molecule has 0 aromatic heterocycles. The van der Waals surface area contributed by atoms with Crippen molar-refractivity contribution in [2.75, 3.05) is 6.61 Å². The Labute approximate surface area is 66.7 Å². The first-order valence-corrected chi connectivity index (χ1v) is 3.75. The van der Waals surface area contributed by atoms with E-state index < -0.39 is 12.3 Å². The zero-order valence-corrected chi connectivity index (χ0v) is 7.53. The summed E-state index contributed by atoms with van der Waals surface area (Å²) in [6.07, 6.45) is -2.95. The predicted molar refractivity (Wildman–Crippen MR) is 41.2 cm³/mol. The van der Waals surface area contributed by atoms with Gasteiger partial charge in [0.1, 0.15) is 6.17 Å². The van der Waals surface area contributed by atoms with Crippen molar-refractivity contribution in [2.24, 2.45) is 0 Å². The van der Waals surface area contributed by atoms with E-state index in [-0.39, 0.29) is 12.2 Å². The highest BCUT2D eigenvalue weighted by atomic mass is 19.2. The zero-order chi connectivity index (χ0) is 9.07. The Balaban J connectivity index is 3.54. The van der Waals surface area contributed by atoms with Gasteiger partial charge >= 0.3 is 0 Å². The number of rotatable bonds is 3. The van der Waals surface area contributed by atoms with Crippen molar-refractivity contribution in [1.82, 2.24) is 0 Å². The molecule has 0 radical (unpaired) electrons. The fourth-order valence-electron chi connectivity index (χ4n) is 0.462. The maximum Gasteiger partial charge on any atom is 0.154 e. The summed E-state index contributed by atoms with van der Waals surface area (Å²) in [6, 6.07) is 0. The van der Waals surface area contributed by atoms with Crippen molar-refractivity contribution >= 4 is 0 Å². The van der Waals surface area contributed by atoms with Gasteiger partial charge in [0.25, 0.3) is 0 Å². The maximum atomic E-state index is 12.6. The Morgan fingerprint density at radius 3 is 2.00 bits per heavy atom. The fourth-order valence-corrected chi connectivity index (χ4v) is 0.462. The Kier molecular flexibility index (Phi) is 3.93. The van der Waals surface area contributed by atoms with Crippen LogP contribution in [-0.2, 0) is 4.74 Å². The molecular weight excluding hydrogens is 150 g/mol. The van der Waals surface area contributed by atoms with Crippen LogP contribution < -0.4 is 0 Å². The topological polar surface area (TPSA) is 9.23 Å². The molecule has 0 amide bonds. The van der Waals surface area contributed by atoms with Gasteiger partial charge in [-0.25, -0.2) is 8.78 Å². The summed E-state index contributed by atoms with van der Waals surface area (Å²) in [4.78, 5) is 0. The number of hydrogen-bond donors (Lipinski definition) is 0. The summed E-state index contributed by atoms with van der Waals surface area (Å²) in [5, 5.41) is 0. The third kappa shape index (κ3) is 6.23. The molecule has 0 rings (SSSR count). The summed E-state index contributed by atoms with van der Waals surface area (Å²) in [5.74, 6) is 0. The molecule has 0 fully saturated rings.